The van der Waals surface area contributed by atoms with E-state index < -0.39 is 41.5 Å². The van der Waals surface area contributed by atoms with Gasteiger partial charge in [0.05, 0.1) is 12.0 Å². The molecule has 0 aliphatic heterocycles. The van der Waals surface area contributed by atoms with Gasteiger partial charge in [0.25, 0.3) is 0 Å². The Morgan fingerprint density at radius 1 is 1.29 bits per heavy atom. The van der Waals surface area contributed by atoms with Crippen molar-refractivity contribution >= 4 is 11.9 Å². The SMILES string of the molecule is C=C(CC(=O)O)C(=O)OC1(c2ccc(C(F)(F)F)c(F)c2)CCC1. The molecule has 1 N–H and O–H groups in total. The molecule has 0 heterocycles. The zero-order valence-corrected chi connectivity index (χ0v) is 12.5. The summed E-state index contributed by atoms with van der Waals surface area (Å²) in [6.07, 6.45) is -4.17. The number of aliphatic carboxylic acids is 1. The minimum Gasteiger partial charge on any atom is -0.481 e. The van der Waals surface area contributed by atoms with Crippen LogP contribution in [0.25, 0.3) is 0 Å². The smallest absolute Gasteiger partial charge is 0.419 e. The number of benzene rings is 1. The van der Waals surface area contributed by atoms with Gasteiger partial charge < -0.3 is 9.84 Å². The van der Waals surface area contributed by atoms with Gasteiger partial charge in [-0.25, -0.2) is 9.18 Å². The zero-order chi connectivity index (χ0) is 18.1. The summed E-state index contributed by atoms with van der Waals surface area (Å²) in [6, 6.07) is 2.37. The molecule has 0 bridgehead atoms. The van der Waals surface area contributed by atoms with Gasteiger partial charge in [-0.05, 0) is 37.0 Å². The van der Waals surface area contributed by atoms with Gasteiger partial charge in [0.15, 0.2) is 0 Å². The second kappa shape index (κ2) is 6.26. The van der Waals surface area contributed by atoms with Gasteiger partial charge in [0.1, 0.15) is 11.4 Å². The van der Waals surface area contributed by atoms with Gasteiger partial charge in [0.2, 0.25) is 0 Å². The highest BCUT2D eigenvalue weighted by Crippen LogP contribution is 2.46. The third-order valence-corrected chi connectivity index (χ3v) is 3.90. The van der Waals surface area contributed by atoms with Gasteiger partial charge in [-0.15, -0.1) is 0 Å². The fraction of sp³-hybridized carbons (Fsp3) is 0.375. The van der Waals surface area contributed by atoms with Crippen LogP contribution >= 0.6 is 0 Å². The highest BCUT2D eigenvalue weighted by Gasteiger charge is 2.44. The molecule has 0 unspecified atom stereocenters. The molecule has 130 valence electrons. The van der Waals surface area contributed by atoms with Gasteiger partial charge in [-0.2, -0.15) is 13.2 Å². The molecule has 0 atom stereocenters. The van der Waals surface area contributed by atoms with E-state index in [1.54, 1.807) is 0 Å². The second-order valence-corrected chi connectivity index (χ2v) is 5.60. The van der Waals surface area contributed by atoms with Gasteiger partial charge >= 0.3 is 18.1 Å². The maximum atomic E-state index is 13.7. The number of esters is 1. The monoisotopic (exact) mass is 346 g/mol. The van der Waals surface area contributed by atoms with Crippen LogP contribution in [0.4, 0.5) is 17.6 Å². The number of carbonyl (C=O) groups is 2. The van der Waals surface area contributed by atoms with Crippen molar-refractivity contribution in [3.8, 4) is 0 Å². The Morgan fingerprint density at radius 3 is 2.33 bits per heavy atom. The van der Waals surface area contributed by atoms with Crippen LogP contribution in [0.2, 0.25) is 0 Å². The third-order valence-electron chi connectivity index (χ3n) is 3.90. The van der Waals surface area contributed by atoms with E-state index in [-0.39, 0.29) is 11.1 Å². The molecule has 0 spiro atoms. The lowest BCUT2D eigenvalue weighted by molar-refractivity contribution is -0.167. The number of carboxylic acids is 1. The summed E-state index contributed by atoms with van der Waals surface area (Å²) < 4.78 is 56.9. The molecule has 4 nitrogen and oxygen atoms in total. The topological polar surface area (TPSA) is 63.6 Å². The Kier molecular flexibility index (Phi) is 4.68. The first-order valence-electron chi connectivity index (χ1n) is 7.05. The average Bonchev–Trinajstić information content (AvgIpc) is 2.40. The largest absolute Gasteiger partial charge is 0.481 e. The van der Waals surface area contributed by atoms with E-state index in [1.807, 2.05) is 0 Å². The molecule has 1 aromatic rings. The number of alkyl halides is 3. The number of hydrogen-bond donors (Lipinski definition) is 1. The predicted octanol–water partition coefficient (Wildman–Crippen LogP) is 3.80. The fourth-order valence-electron chi connectivity index (χ4n) is 2.48. The van der Waals surface area contributed by atoms with Crippen LogP contribution in [-0.4, -0.2) is 17.0 Å². The Hall–Kier alpha value is -2.38. The van der Waals surface area contributed by atoms with Crippen molar-refractivity contribution in [3.63, 3.8) is 0 Å². The third kappa shape index (κ3) is 3.58. The molecule has 0 aromatic heterocycles. The van der Waals surface area contributed by atoms with Gasteiger partial charge in [-0.3, -0.25) is 4.79 Å². The first kappa shape index (κ1) is 18.0. The Bertz CT molecular complexity index is 690. The predicted molar refractivity (Wildman–Crippen MR) is 74.4 cm³/mol. The number of hydrogen-bond acceptors (Lipinski definition) is 3. The standard InChI is InChI=1S/C16H14F4O4/c1-9(7-13(21)22)14(23)24-15(5-2-6-15)10-3-4-11(12(17)8-10)16(18,19)20/h3-4,8H,1-2,5-7H2,(H,21,22). The lowest BCUT2D eigenvalue weighted by atomic mass is 9.74. The molecule has 1 aromatic carbocycles. The molecule has 1 aliphatic carbocycles. The van der Waals surface area contributed by atoms with Crippen LogP contribution < -0.4 is 0 Å². The van der Waals surface area contributed by atoms with Crippen molar-refractivity contribution in [2.75, 3.05) is 0 Å². The van der Waals surface area contributed by atoms with E-state index in [0.29, 0.717) is 31.4 Å². The molecule has 0 radical (unpaired) electrons. The van der Waals surface area contributed by atoms with Crippen LogP contribution in [0.3, 0.4) is 0 Å². The fourth-order valence-corrected chi connectivity index (χ4v) is 2.48. The first-order valence-corrected chi connectivity index (χ1v) is 7.05. The molecule has 2 rings (SSSR count). The van der Waals surface area contributed by atoms with Crippen LogP contribution in [0, 0.1) is 5.82 Å². The maximum absolute atomic E-state index is 13.7. The van der Waals surface area contributed by atoms with Crippen molar-refractivity contribution in [3.05, 3.63) is 47.3 Å². The molecular weight excluding hydrogens is 332 g/mol. The highest BCUT2D eigenvalue weighted by molar-refractivity contribution is 5.93. The van der Waals surface area contributed by atoms with E-state index in [0.717, 1.165) is 6.07 Å². The van der Waals surface area contributed by atoms with Crippen LogP contribution in [0.15, 0.2) is 30.4 Å². The molecule has 1 aliphatic rings. The maximum Gasteiger partial charge on any atom is 0.419 e. The number of rotatable bonds is 5. The van der Waals surface area contributed by atoms with Crippen LogP contribution in [0.5, 0.6) is 0 Å². The Morgan fingerprint density at radius 2 is 1.92 bits per heavy atom. The van der Waals surface area contributed by atoms with Crippen molar-refractivity contribution < 1.29 is 37.0 Å². The van der Waals surface area contributed by atoms with Crippen LogP contribution in [-0.2, 0) is 26.1 Å². The van der Waals surface area contributed by atoms with Gasteiger partial charge in [0, 0.05) is 5.57 Å². The number of carbonyl (C=O) groups excluding carboxylic acids is 1. The Balaban J connectivity index is 2.24. The lowest BCUT2D eigenvalue weighted by Crippen LogP contribution is -2.39. The normalized spacial score (nSPS) is 16.2. The zero-order valence-electron chi connectivity index (χ0n) is 12.5. The molecule has 0 amide bonds. The number of ether oxygens (including phenoxy) is 1. The summed E-state index contributed by atoms with van der Waals surface area (Å²) >= 11 is 0. The summed E-state index contributed by atoms with van der Waals surface area (Å²) in [5.41, 5.74) is -2.83. The lowest BCUT2D eigenvalue weighted by Gasteiger charge is -2.41. The second-order valence-electron chi connectivity index (χ2n) is 5.60. The minimum atomic E-state index is -4.82. The van der Waals surface area contributed by atoms with E-state index in [2.05, 4.69) is 6.58 Å². The molecule has 0 saturated heterocycles. The highest BCUT2D eigenvalue weighted by atomic mass is 19.4. The number of halogens is 4. The first-order chi connectivity index (χ1) is 11.0. The van der Waals surface area contributed by atoms with E-state index in [4.69, 9.17) is 9.84 Å². The number of carboxylic acid groups (broad SMARTS) is 1. The summed E-state index contributed by atoms with van der Waals surface area (Å²) in [6.45, 7) is 3.32. The summed E-state index contributed by atoms with van der Waals surface area (Å²) in [5, 5.41) is 8.64. The molecule has 1 fully saturated rings. The average molecular weight is 346 g/mol. The van der Waals surface area contributed by atoms with Crippen molar-refractivity contribution in [2.45, 2.75) is 37.5 Å². The summed E-state index contributed by atoms with van der Waals surface area (Å²) in [4.78, 5) is 22.5. The molecular formula is C16H14F4O4. The minimum absolute atomic E-state index is 0.107. The van der Waals surface area contributed by atoms with Crippen molar-refractivity contribution in [2.24, 2.45) is 0 Å². The quantitative estimate of drug-likeness (QED) is 0.500. The van der Waals surface area contributed by atoms with Crippen molar-refractivity contribution in [1.82, 2.24) is 0 Å². The van der Waals surface area contributed by atoms with E-state index >= 15 is 0 Å². The molecule has 8 heteroatoms. The summed E-state index contributed by atoms with van der Waals surface area (Å²) in [7, 11) is 0. The van der Waals surface area contributed by atoms with Crippen molar-refractivity contribution in [1.29, 1.82) is 0 Å². The summed E-state index contributed by atoms with van der Waals surface area (Å²) in [5.74, 6) is -3.68. The molecule has 24 heavy (non-hydrogen) atoms. The van der Waals surface area contributed by atoms with Crippen LogP contribution in [0.1, 0.15) is 36.8 Å². The molecule has 1 saturated carbocycles. The Labute approximate surface area is 134 Å². The van der Waals surface area contributed by atoms with E-state index in [9.17, 15) is 27.2 Å². The van der Waals surface area contributed by atoms with E-state index in [1.165, 1.54) is 0 Å². The van der Waals surface area contributed by atoms with Gasteiger partial charge in [-0.1, -0.05) is 12.6 Å².